The van der Waals surface area contributed by atoms with Crippen molar-refractivity contribution in [1.29, 1.82) is 0 Å². The molecular formula is C18H26N4OS. The fraction of sp³-hybridized carbons (Fsp3) is 0.667. The molecule has 24 heavy (non-hydrogen) atoms. The molecule has 0 bridgehead atoms. The summed E-state index contributed by atoms with van der Waals surface area (Å²) in [5.74, 6) is 0.978. The Morgan fingerprint density at radius 3 is 2.50 bits per heavy atom. The zero-order valence-electron chi connectivity index (χ0n) is 14.6. The van der Waals surface area contributed by atoms with Crippen LogP contribution in [0.25, 0.3) is 0 Å². The summed E-state index contributed by atoms with van der Waals surface area (Å²) in [5, 5.41) is 7.42. The van der Waals surface area contributed by atoms with Gasteiger partial charge in [0.25, 0.3) is 0 Å². The number of thiazole rings is 1. The molecule has 2 aliphatic heterocycles. The molecule has 1 spiro atoms. The second-order valence-corrected chi connectivity index (χ2v) is 8.44. The first-order valence-electron chi connectivity index (χ1n) is 8.88. The lowest BCUT2D eigenvalue weighted by Crippen LogP contribution is -2.41. The summed E-state index contributed by atoms with van der Waals surface area (Å²) in [6.07, 6.45) is 5.88. The van der Waals surface area contributed by atoms with Crippen molar-refractivity contribution in [2.24, 2.45) is 5.41 Å². The van der Waals surface area contributed by atoms with Crippen LogP contribution in [-0.2, 0) is 13.1 Å². The Hall–Kier alpha value is -1.24. The van der Waals surface area contributed by atoms with E-state index in [-0.39, 0.29) is 0 Å². The molecular weight excluding hydrogens is 320 g/mol. The Labute approximate surface area is 147 Å². The molecule has 0 saturated carbocycles. The number of rotatable bonds is 4. The lowest BCUT2D eigenvalue weighted by Gasteiger charge is -2.39. The van der Waals surface area contributed by atoms with E-state index in [1.54, 1.807) is 11.3 Å². The molecule has 2 fully saturated rings. The third-order valence-electron chi connectivity index (χ3n) is 5.84. The summed E-state index contributed by atoms with van der Waals surface area (Å²) in [6, 6.07) is 0. The van der Waals surface area contributed by atoms with Crippen LogP contribution in [0.2, 0.25) is 0 Å². The first kappa shape index (κ1) is 16.2. The van der Waals surface area contributed by atoms with Gasteiger partial charge in [-0.3, -0.25) is 9.80 Å². The number of hydrogen-bond acceptors (Lipinski definition) is 6. The highest BCUT2D eigenvalue weighted by atomic mass is 32.1. The second kappa shape index (κ2) is 6.58. The van der Waals surface area contributed by atoms with Gasteiger partial charge in [0.15, 0.2) is 0 Å². The monoisotopic (exact) mass is 346 g/mol. The predicted molar refractivity (Wildman–Crippen MR) is 94.9 cm³/mol. The Balaban J connectivity index is 1.32. The van der Waals surface area contributed by atoms with Gasteiger partial charge in [-0.1, -0.05) is 5.16 Å². The number of piperidine rings is 1. The Kier molecular flexibility index (Phi) is 4.45. The van der Waals surface area contributed by atoms with Gasteiger partial charge < -0.3 is 4.52 Å². The van der Waals surface area contributed by atoms with Crippen molar-refractivity contribution in [3.05, 3.63) is 33.6 Å². The molecule has 0 amide bonds. The predicted octanol–water partition coefficient (Wildman–Crippen LogP) is 3.24. The summed E-state index contributed by atoms with van der Waals surface area (Å²) < 4.78 is 5.32. The van der Waals surface area contributed by atoms with Crippen molar-refractivity contribution >= 4 is 11.3 Å². The van der Waals surface area contributed by atoms with Crippen LogP contribution in [-0.4, -0.2) is 46.1 Å². The van der Waals surface area contributed by atoms with E-state index in [0.717, 1.165) is 24.5 Å². The molecule has 2 saturated heterocycles. The molecule has 2 aliphatic rings. The third kappa shape index (κ3) is 3.27. The summed E-state index contributed by atoms with van der Waals surface area (Å²) in [5.41, 5.74) is 2.86. The molecule has 2 aromatic heterocycles. The SMILES string of the molecule is Cc1noc(C)c1CN1CCC2(CCN(Cc3nccs3)CC2)C1. The highest BCUT2D eigenvalue weighted by Gasteiger charge is 2.40. The van der Waals surface area contributed by atoms with Crippen LogP contribution in [0, 0.1) is 19.3 Å². The van der Waals surface area contributed by atoms with Crippen LogP contribution in [0.15, 0.2) is 16.1 Å². The maximum atomic E-state index is 5.32. The minimum atomic E-state index is 0.526. The molecule has 0 radical (unpaired) electrons. The van der Waals surface area contributed by atoms with Crippen molar-refractivity contribution in [3.8, 4) is 0 Å². The molecule has 2 aromatic rings. The van der Waals surface area contributed by atoms with Crippen molar-refractivity contribution < 1.29 is 4.52 Å². The fourth-order valence-electron chi connectivity index (χ4n) is 4.23. The van der Waals surface area contributed by atoms with E-state index in [1.165, 1.54) is 56.0 Å². The van der Waals surface area contributed by atoms with Gasteiger partial charge in [0.2, 0.25) is 0 Å². The van der Waals surface area contributed by atoms with Crippen LogP contribution in [0.4, 0.5) is 0 Å². The number of aryl methyl sites for hydroxylation is 2. The van der Waals surface area contributed by atoms with Gasteiger partial charge >= 0.3 is 0 Å². The molecule has 4 rings (SSSR count). The van der Waals surface area contributed by atoms with Gasteiger partial charge in [-0.15, -0.1) is 11.3 Å². The Bertz CT molecular complexity index is 654. The second-order valence-electron chi connectivity index (χ2n) is 7.47. The van der Waals surface area contributed by atoms with Gasteiger partial charge in [0, 0.05) is 30.2 Å². The van der Waals surface area contributed by atoms with Crippen LogP contribution in [0.5, 0.6) is 0 Å². The van der Waals surface area contributed by atoms with E-state index in [0.29, 0.717) is 5.41 Å². The van der Waals surface area contributed by atoms with Gasteiger partial charge in [0.05, 0.1) is 12.2 Å². The minimum Gasteiger partial charge on any atom is -0.361 e. The average Bonchev–Trinajstić information content (AvgIpc) is 3.29. The lowest BCUT2D eigenvalue weighted by atomic mass is 9.78. The van der Waals surface area contributed by atoms with Gasteiger partial charge in [-0.25, -0.2) is 4.98 Å². The van der Waals surface area contributed by atoms with E-state index in [4.69, 9.17) is 4.52 Å². The van der Waals surface area contributed by atoms with Crippen LogP contribution >= 0.6 is 11.3 Å². The highest BCUT2D eigenvalue weighted by Crippen LogP contribution is 2.41. The molecule has 0 unspecified atom stereocenters. The summed E-state index contributed by atoms with van der Waals surface area (Å²) in [6.45, 7) is 10.9. The summed E-state index contributed by atoms with van der Waals surface area (Å²) in [4.78, 5) is 9.59. The number of aromatic nitrogens is 2. The van der Waals surface area contributed by atoms with Crippen LogP contribution < -0.4 is 0 Å². The minimum absolute atomic E-state index is 0.526. The zero-order valence-corrected chi connectivity index (χ0v) is 15.4. The number of likely N-dealkylation sites (tertiary alicyclic amines) is 2. The molecule has 0 aromatic carbocycles. The highest BCUT2D eigenvalue weighted by molar-refractivity contribution is 7.09. The summed E-state index contributed by atoms with van der Waals surface area (Å²) >= 11 is 1.77. The zero-order chi connectivity index (χ0) is 16.6. The van der Waals surface area contributed by atoms with Gasteiger partial charge in [-0.2, -0.15) is 0 Å². The summed E-state index contributed by atoms with van der Waals surface area (Å²) in [7, 11) is 0. The van der Waals surface area contributed by atoms with Crippen molar-refractivity contribution in [2.75, 3.05) is 26.2 Å². The topological polar surface area (TPSA) is 45.4 Å². The van der Waals surface area contributed by atoms with E-state index in [2.05, 4.69) is 32.2 Å². The van der Waals surface area contributed by atoms with Crippen molar-refractivity contribution in [2.45, 2.75) is 46.2 Å². The first-order chi connectivity index (χ1) is 11.6. The van der Waals surface area contributed by atoms with Crippen LogP contribution in [0.1, 0.15) is 41.3 Å². The van der Waals surface area contributed by atoms with Crippen molar-refractivity contribution in [3.63, 3.8) is 0 Å². The molecule has 6 heteroatoms. The smallest absolute Gasteiger partial charge is 0.138 e. The molecule has 0 N–H and O–H groups in total. The molecule has 4 heterocycles. The molecule has 130 valence electrons. The Morgan fingerprint density at radius 1 is 1.12 bits per heavy atom. The fourth-order valence-corrected chi connectivity index (χ4v) is 4.89. The van der Waals surface area contributed by atoms with E-state index >= 15 is 0 Å². The standard InChI is InChI=1S/C18H26N4OS/c1-14-16(15(2)23-20-14)11-22-9-5-18(13-22)3-7-21(8-4-18)12-17-19-6-10-24-17/h6,10H,3-5,7-9,11-13H2,1-2H3. The molecule has 0 aliphatic carbocycles. The van der Waals surface area contributed by atoms with Gasteiger partial charge in [-0.05, 0) is 58.2 Å². The Morgan fingerprint density at radius 2 is 1.88 bits per heavy atom. The number of nitrogens with zero attached hydrogens (tertiary/aromatic N) is 4. The van der Waals surface area contributed by atoms with Crippen molar-refractivity contribution in [1.82, 2.24) is 19.9 Å². The third-order valence-corrected chi connectivity index (χ3v) is 6.60. The number of hydrogen-bond donors (Lipinski definition) is 0. The first-order valence-corrected chi connectivity index (χ1v) is 9.76. The largest absolute Gasteiger partial charge is 0.361 e. The average molecular weight is 347 g/mol. The molecule has 0 atom stereocenters. The van der Waals surface area contributed by atoms with E-state index in [1.807, 2.05) is 13.1 Å². The quantitative estimate of drug-likeness (QED) is 0.850. The van der Waals surface area contributed by atoms with E-state index < -0.39 is 0 Å². The maximum Gasteiger partial charge on any atom is 0.138 e. The molecule has 5 nitrogen and oxygen atoms in total. The van der Waals surface area contributed by atoms with E-state index in [9.17, 15) is 0 Å². The maximum absolute atomic E-state index is 5.32. The lowest BCUT2D eigenvalue weighted by molar-refractivity contribution is 0.102. The normalized spacial score (nSPS) is 21.8. The van der Waals surface area contributed by atoms with Gasteiger partial charge in [0.1, 0.15) is 10.8 Å². The van der Waals surface area contributed by atoms with Crippen LogP contribution in [0.3, 0.4) is 0 Å².